The fraction of sp³-hybridized carbons (Fsp3) is 0.403. The molecule has 0 spiro atoms. The number of aliphatic hydroxyl groups excluding tert-OH is 4. The molecule has 6 atom stereocenters. The lowest BCUT2D eigenvalue weighted by Crippen LogP contribution is -2.34. The highest BCUT2D eigenvalue weighted by molar-refractivity contribution is 5.90. The van der Waals surface area contributed by atoms with E-state index in [9.17, 15) is 34.7 Å². The summed E-state index contributed by atoms with van der Waals surface area (Å²) >= 11 is 0. The number of benzene rings is 4. The maximum absolute atomic E-state index is 12.7. The number of ether oxygens (including phenoxy) is 2. The number of non-ortho nitro benzene ring substituents is 1. The van der Waals surface area contributed by atoms with Crippen molar-refractivity contribution in [1.29, 1.82) is 0 Å². The van der Waals surface area contributed by atoms with Gasteiger partial charge >= 0.3 is 0 Å². The summed E-state index contributed by atoms with van der Waals surface area (Å²) in [7, 11) is 0. The number of aliphatic hydroxyl groups is 4. The van der Waals surface area contributed by atoms with E-state index in [0.717, 1.165) is 54.6 Å². The van der Waals surface area contributed by atoms with Crippen molar-refractivity contribution in [1.82, 2.24) is 27.8 Å². The SMILES string of the molecule is CC#Cc1cn(C(C)(C)C)c(=O)c2c(C)cccc12.Cc1ccc2c(=O)n(C(C)(C)C)ccc2c1.Cc1cccc2ccn(C(C)(C)C)c(=O)c12.Cc1ccn([C@H]2CC(O)[C@@H](CO)O2)c1.O=[N+]([O-])c1ccc2c(c1)ncn2[C@H]1CC(O)[C@@H](CO)O1. The van der Waals surface area contributed by atoms with Crippen molar-refractivity contribution in [2.45, 2.75) is 163 Å². The highest BCUT2D eigenvalue weighted by Crippen LogP contribution is 2.33. The van der Waals surface area contributed by atoms with Crippen molar-refractivity contribution >= 4 is 49.0 Å². The molecule has 5 aromatic heterocycles. The van der Waals surface area contributed by atoms with Gasteiger partial charge in [-0.2, -0.15) is 0 Å². The first kappa shape index (κ1) is 64.5. The summed E-state index contributed by atoms with van der Waals surface area (Å²) in [6.45, 7) is 27.7. The molecule has 4 N–H and O–H groups in total. The molecule has 2 unspecified atom stereocenters. The van der Waals surface area contributed by atoms with Crippen molar-refractivity contribution in [3.05, 3.63) is 197 Å². The Morgan fingerprint density at radius 1 is 0.624 bits per heavy atom. The van der Waals surface area contributed by atoms with Gasteiger partial charge in [0.05, 0.1) is 58.5 Å². The van der Waals surface area contributed by atoms with Gasteiger partial charge in [-0.3, -0.25) is 24.5 Å². The van der Waals surface area contributed by atoms with Gasteiger partial charge in [-0.25, -0.2) is 4.98 Å². The Balaban J connectivity index is 0.000000153. The van der Waals surface area contributed by atoms with E-state index in [0.29, 0.717) is 23.9 Å². The lowest BCUT2D eigenvalue weighted by Gasteiger charge is -2.23. The fourth-order valence-corrected chi connectivity index (χ4v) is 10.4. The van der Waals surface area contributed by atoms with Crippen LogP contribution in [0.25, 0.3) is 43.4 Å². The fourth-order valence-electron chi connectivity index (χ4n) is 10.4. The molecule has 2 fully saturated rings. The second-order valence-corrected chi connectivity index (χ2v) is 24.7. The van der Waals surface area contributed by atoms with Crippen molar-refractivity contribution < 1.29 is 34.8 Å². The van der Waals surface area contributed by atoms with Gasteiger partial charge in [-0.1, -0.05) is 60.0 Å². The molecular formula is C67H81N7O11. The average molecular weight is 1160 g/mol. The van der Waals surface area contributed by atoms with E-state index < -0.39 is 35.6 Å². The van der Waals surface area contributed by atoms with Crippen molar-refractivity contribution in [3.63, 3.8) is 0 Å². The first-order valence-electron chi connectivity index (χ1n) is 28.4. The van der Waals surface area contributed by atoms with Gasteiger partial charge in [0, 0.05) is 88.9 Å². The molecule has 2 saturated heterocycles. The number of imidazole rings is 1. The van der Waals surface area contributed by atoms with Gasteiger partial charge in [0.15, 0.2) is 0 Å². The van der Waals surface area contributed by atoms with Gasteiger partial charge in [-0.05, 0) is 155 Å². The average Bonchev–Trinajstić information content (AvgIpc) is 2.30. The number of hydrogen-bond acceptors (Lipinski definition) is 12. The zero-order chi connectivity index (χ0) is 62.5. The molecule has 11 rings (SSSR count). The van der Waals surface area contributed by atoms with Gasteiger partial charge in [0.25, 0.3) is 22.4 Å². The molecule has 450 valence electrons. The summed E-state index contributed by atoms with van der Waals surface area (Å²) in [4.78, 5) is 51.6. The van der Waals surface area contributed by atoms with Crippen LogP contribution >= 0.6 is 0 Å². The summed E-state index contributed by atoms with van der Waals surface area (Å²) in [6, 6.07) is 28.2. The topological polar surface area (TPSA) is 231 Å². The molecule has 0 saturated carbocycles. The van der Waals surface area contributed by atoms with E-state index in [-0.39, 0.29) is 58.4 Å². The minimum Gasteiger partial charge on any atom is -0.394 e. The predicted molar refractivity (Wildman–Crippen MR) is 335 cm³/mol. The van der Waals surface area contributed by atoms with E-state index in [2.05, 4.69) is 16.8 Å². The number of fused-ring (bicyclic) bond motifs is 4. The van der Waals surface area contributed by atoms with E-state index in [4.69, 9.17) is 19.7 Å². The Labute approximate surface area is 495 Å². The first-order chi connectivity index (χ1) is 40.0. The molecule has 7 heterocycles. The standard InChI is InChI=1S/C17H19NO.2C14H17NO.C12H13N3O5.C10H15NO3/c1-6-8-13-11-18(17(3,4)5)16(19)15-12(2)9-7-10-14(13)15;1-10-5-6-12-11(9-10)7-8-15(13(12)16)14(2,3)4;1-10-6-5-7-11-8-9-15(14(2,3)4)13(16)12(10)11;16-5-11-10(17)4-12(20-11)14-6-13-8-3-7(15(18)19)1-2-9(8)14;1-7-2-3-11(5-7)10-4-8(13)9(6-12)14-10/h7,9-11H,1-5H3;2*5-9H,1-4H3;1-3,6,10-12,16-17H,4-5H2;2-3,5,8-10,12-13H,4,6H2,1H3/t;;;10?,11-,12-;8?,9-,10-/m...11/s1. The maximum Gasteiger partial charge on any atom is 0.271 e. The molecule has 85 heavy (non-hydrogen) atoms. The lowest BCUT2D eigenvalue weighted by atomic mass is 10.0. The lowest BCUT2D eigenvalue weighted by molar-refractivity contribution is -0.384. The smallest absolute Gasteiger partial charge is 0.271 e. The van der Waals surface area contributed by atoms with Crippen LogP contribution < -0.4 is 16.7 Å². The molecule has 2 aliphatic heterocycles. The number of aryl methyl sites for hydroxylation is 4. The number of nitro benzene ring substituents is 1. The Morgan fingerprint density at radius 2 is 1.19 bits per heavy atom. The minimum absolute atomic E-state index is 0.0247. The molecule has 0 aliphatic carbocycles. The number of aromatic nitrogens is 6. The quantitative estimate of drug-likeness (QED) is 0.0716. The first-order valence-corrected chi connectivity index (χ1v) is 28.4. The van der Waals surface area contributed by atoms with Gasteiger partial charge in [-0.15, -0.1) is 5.92 Å². The molecule has 0 bridgehead atoms. The number of pyridine rings is 3. The third kappa shape index (κ3) is 14.9. The largest absolute Gasteiger partial charge is 0.394 e. The number of rotatable bonds is 5. The van der Waals surface area contributed by atoms with Crippen molar-refractivity contribution in [2.75, 3.05) is 13.2 Å². The van der Waals surface area contributed by atoms with Gasteiger partial charge < -0.3 is 52.7 Å². The summed E-state index contributed by atoms with van der Waals surface area (Å²) in [6.07, 6.45) is 8.99. The maximum atomic E-state index is 12.7. The summed E-state index contributed by atoms with van der Waals surface area (Å²) in [5.74, 6) is 6.04. The number of nitro groups is 1. The second-order valence-electron chi connectivity index (χ2n) is 24.7. The van der Waals surface area contributed by atoms with Gasteiger partial charge in [0.1, 0.15) is 24.7 Å². The molecule has 0 radical (unpaired) electrons. The van der Waals surface area contributed by atoms with Crippen LogP contribution in [0.1, 0.15) is 122 Å². The molecular weight excluding hydrogens is 1080 g/mol. The molecule has 2 aliphatic rings. The van der Waals surface area contributed by atoms with Crippen LogP contribution in [-0.2, 0) is 26.1 Å². The number of hydrogen-bond donors (Lipinski definition) is 4. The Morgan fingerprint density at radius 3 is 1.75 bits per heavy atom. The van der Waals surface area contributed by atoms with Crippen molar-refractivity contribution in [2.24, 2.45) is 0 Å². The van der Waals surface area contributed by atoms with Gasteiger partial charge in [0.2, 0.25) is 0 Å². The van der Waals surface area contributed by atoms with Crippen LogP contribution in [-0.4, -0.2) is 90.8 Å². The van der Waals surface area contributed by atoms with Crippen LogP contribution in [0, 0.1) is 49.7 Å². The zero-order valence-electron chi connectivity index (χ0n) is 51.2. The van der Waals surface area contributed by atoms with Crippen molar-refractivity contribution in [3.8, 4) is 11.8 Å². The zero-order valence-corrected chi connectivity index (χ0v) is 51.2. The molecule has 4 aromatic carbocycles. The molecule has 18 heteroatoms. The van der Waals surface area contributed by atoms with Crippen LogP contribution in [0.2, 0.25) is 0 Å². The van der Waals surface area contributed by atoms with Crippen LogP contribution in [0.5, 0.6) is 0 Å². The summed E-state index contributed by atoms with van der Waals surface area (Å²) in [5.41, 5.74) is 6.10. The monoisotopic (exact) mass is 1160 g/mol. The normalized spacial score (nSPS) is 18.5. The molecule has 0 amide bonds. The predicted octanol–water partition coefficient (Wildman–Crippen LogP) is 10.6. The second kappa shape index (κ2) is 26.5. The number of nitrogens with zero attached hydrogens (tertiary/aromatic N) is 7. The Kier molecular flexibility index (Phi) is 20.1. The Hall–Kier alpha value is -8.02. The van der Waals surface area contributed by atoms with E-state index in [1.807, 2.05) is 205 Å². The van der Waals surface area contributed by atoms with E-state index in [1.165, 1.54) is 24.0 Å². The minimum atomic E-state index is -0.736. The van der Waals surface area contributed by atoms with Crippen LogP contribution in [0.3, 0.4) is 0 Å². The molecule has 9 aromatic rings. The Bertz CT molecular complexity index is 4100. The summed E-state index contributed by atoms with van der Waals surface area (Å²) in [5, 5.41) is 53.4. The van der Waals surface area contributed by atoms with E-state index >= 15 is 0 Å². The highest BCUT2D eigenvalue weighted by atomic mass is 16.6. The van der Waals surface area contributed by atoms with E-state index in [1.54, 1.807) is 24.3 Å². The highest BCUT2D eigenvalue weighted by Gasteiger charge is 2.36. The third-order valence-electron chi connectivity index (χ3n) is 14.9. The molecule has 18 nitrogen and oxygen atoms in total. The van der Waals surface area contributed by atoms with Crippen LogP contribution in [0.4, 0.5) is 5.69 Å². The summed E-state index contributed by atoms with van der Waals surface area (Å²) < 4.78 is 20.0. The third-order valence-corrected chi connectivity index (χ3v) is 14.9. The van der Waals surface area contributed by atoms with Crippen LogP contribution in [0.15, 0.2) is 143 Å².